The van der Waals surface area contributed by atoms with Gasteiger partial charge in [-0.25, -0.2) is 9.18 Å². The highest BCUT2D eigenvalue weighted by Gasteiger charge is 2.15. The molecule has 0 aliphatic carbocycles. The Bertz CT molecular complexity index is 805. The second-order valence-corrected chi connectivity index (χ2v) is 4.94. The van der Waals surface area contributed by atoms with Crippen molar-refractivity contribution < 1.29 is 9.18 Å². The predicted octanol–water partition coefficient (Wildman–Crippen LogP) is 3.33. The summed E-state index contributed by atoms with van der Waals surface area (Å²) in [5.74, 6) is -0.524. The van der Waals surface area contributed by atoms with Gasteiger partial charge in [0.05, 0.1) is 5.69 Å². The number of aromatic nitrogens is 2. The van der Waals surface area contributed by atoms with Crippen LogP contribution < -0.4 is 5.73 Å². The van der Waals surface area contributed by atoms with Crippen LogP contribution in [0.15, 0.2) is 35.0 Å². The minimum atomic E-state index is -0.810. The quantitative estimate of drug-likeness (QED) is 0.785. The number of carbonyl (C=O) groups excluding carboxylic acids is 1. The van der Waals surface area contributed by atoms with E-state index in [-0.39, 0.29) is 5.52 Å². The number of para-hydroxylation sites is 1. The number of rotatable bonds is 2. The molecule has 6 heteroatoms. The Morgan fingerprint density at radius 3 is 2.90 bits per heavy atom. The van der Waals surface area contributed by atoms with Gasteiger partial charge in [0, 0.05) is 5.39 Å². The lowest BCUT2D eigenvalue weighted by atomic mass is 10.2. The van der Waals surface area contributed by atoms with Gasteiger partial charge in [0.1, 0.15) is 11.3 Å². The van der Waals surface area contributed by atoms with E-state index >= 15 is 0 Å². The highest BCUT2D eigenvalue weighted by molar-refractivity contribution is 7.08. The SMILES string of the molecule is NC(=O)n1nc(C=Cc2ccsc2)c2cccc(F)c21. The highest BCUT2D eigenvalue weighted by Crippen LogP contribution is 2.23. The standard InChI is InChI=1S/C14H10FN3OS/c15-11-3-1-2-10-12(5-4-9-6-7-20-8-9)17-18(13(10)11)14(16)19/h1-8H,(H2,16,19). The van der Waals surface area contributed by atoms with Crippen LogP contribution >= 0.6 is 11.3 Å². The topological polar surface area (TPSA) is 60.9 Å². The molecule has 2 aromatic heterocycles. The Morgan fingerprint density at radius 1 is 1.35 bits per heavy atom. The molecule has 1 aromatic carbocycles. The van der Waals surface area contributed by atoms with E-state index in [9.17, 15) is 9.18 Å². The number of nitrogens with zero attached hydrogens (tertiary/aromatic N) is 2. The lowest BCUT2D eigenvalue weighted by Gasteiger charge is -1.96. The summed E-state index contributed by atoms with van der Waals surface area (Å²) in [5, 5.41) is 8.55. The fourth-order valence-corrected chi connectivity index (χ4v) is 2.61. The minimum Gasteiger partial charge on any atom is -0.350 e. The first-order chi connectivity index (χ1) is 9.66. The Labute approximate surface area is 117 Å². The molecular formula is C14H10FN3OS. The average Bonchev–Trinajstić information content (AvgIpc) is 3.04. The van der Waals surface area contributed by atoms with Gasteiger partial charge in [0.25, 0.3) is 0 Å². The number of carbonyl (C=O) groups is 1. The summed E-state index contributed by atoms with van der Waals surface area (Å²) >= 11 is 1.58. The molecule has 2 heterocycles. The van der Waals surface area contributed by atoms with Crippen molar-refractivity contribution in [1.82, 2.24) is 9.78 Å². The molecule has 0 atom stereocenters. The maximum absolute atomic E-state index is 13.8. The summed E-state index contributed by atoms with van der Waals surface area (Å²) in [6, 6.07) is 5.70. The van der Waals surface area contributed by atoms with Crippen LogP contribution in [0.3, 0.4) is 0 Å². The summed E-state index contributed by atoms with van der Waals surface area (Å²) in [7, 11) is 0. The zero-order chi connectivity index (χ0) is 14.1. The number of hydrogen-bond acceptors (Lipinski definition) is 3. The molecule has 3 aromatic rings. The summed E-state index contributed by atoms with van der Waals surface area (Å²) in [5.41, 5.74) is 6.85. The van der Waals surface area contributed by atoms with Crippen molar-refractivity contribution in [1.29, 1.82) is 0 Å². The van der Waals surface area contributed by atoms with Crippen molar-refractivity contribution in [3.05, 3.63) is 52.1 Å². The molecule has 0 aliphatic heterocycles. The van der Waals surface area contributed by atoms with Crippen molar-refractivity contribution in [2.24, 2.45) is 5.73 Å². The van der Waals surface area contributed by atoms with Gasteiger partial charge in [-0.15, -0.1) is 0 Å². The number of nitrogens with two attached hydrogens (primary N) is 1. The second-order valence-electron chi connectivity index (χ2n) is 4.16. The van der Waals surface area contributed by atoms with Crippen LogP contribution in [0.5, 0.6) is 0 Å². The van der Waals surface area contributed by atoms with Crippen molar-refractivity contribution in [2.45, 2.75) is 0 Å². The molecule has 2 N–H and O–H groups in total. The first kappa shape index (κ1) is 12.6. The van der Waals surface area contributed by atoms with E-state index in [0.717, 1.165) is 10.2 Å². The van der Waals surface area contributed by atoms with Gasteiger partial charge in [-0.05, 0) is 34.5 Å². The van der Waals surface area contributed by atoms with Crippen LogP contribution in [0, 0.1) is 5.82 Å². The maximum Gasteiger partial charge on any atom is 0.340 e. The monoisotopic (exact) mass is 287 g/mol. The number of amides is 1. The lowest BCUT2D eigenvalue weighted by molar-refractivity contribution is 0.248. The molecule has 0 unspecified atom stereocenters. The van der Waals surface area contributed by atoms with Crippen LogP contribution in [0.25, 0.3) is 23.1 Å². The normalized spacial score (nSPS) is 11.4. The molecule has 0 spiro atoms. The Morgan fingerprint density at radius 2 is 2.20 bits per heavy atom. The maximum atomic E-state index is 13.8. The summed E-state index contributed by atoms with van der Waals surface area (Å²) in [6.07, 6.45) is 3.60. The second kappa shape index (κ2) is 4.90. The van der Waals surface area contributed by atoms with E-state index in [4.69, 9.17) is 5.73 Å². The molecule has 3 rings (SSSR count). The molecule has 100 valence electrons. The summed E-state index contributed by atoms with van der Waals surface area (Å²) in [6.45, 7) is 0. The fourth-order valence-electron chi connectivity index (χ4n) is 1.98. The molecular weight excluding hydrogens is 277 g/mol. The highest BCUT2D eigenvalue weighted by atomic mass is 32.1. The average molecular weight is 287 g/mol. The van der Waals surface area contributed by atoms with Gasteiger partial charge in [-0.1, -0.05) is 18.2 Å². The lowest BCUT2D eigenvalue weighted by Crippen LogP contribution is -2.21. The number of primary amides is 1. The van der Waals surface area contributed by atoms with E-state index in [2.05, 4.69) is 5.10 Å². The number of hydrogen-bond donors (Lipinski definition) is 1. The van der Waals surface area contributed by atoms with Crippen LogP contribution in [-0.4, -0.2) is 15.8 Å². The van der Waals surface area contributed by atoms with E-state index in [1.807, 2.05) is 22.9 Å². The molecule has 0 fully saturated rings. The smallest absolute Gasteiger partial charge is 0.340 e. The third kappa shape index (κ3) is 2.10. The molecule has 0 aliphatic rings. The summed E-state index contributed by atoms with van der Waals surface area (Å²) in [4.78, 5) is 11.3. The largest absolute Gasteiger partial charge is 0.350 e. The molecule has 1 amide bonds. The van der Waals surface area contributed by atoms with E-state index in [0.29, 0.717) is 11.1 Å². The van der Waals surface area contributed by atoms with Crippen molar-refractivity contribution in [2.75, 3.05) is 0 Å². The van der Waals surface area contributed by atoms with Crippen molar-refractivity contribution in [3.8, 4) is 0 Å². The third-order valence-corrected chi connectivity index (χ3v) is 3.57. The first-order valence-corrected chi connectivity index (χ1v) is 6.78. The first-order valence-electron chi connectivity index (χ1n) is 5.84. The Balaban J connectivity index is 2.17. The van der Waals surface area contributed by atoms with Gasteiger partial charge in [0.2, 0.25) is 0 Å². The van der Waals surface area contributed by atoms with E-state index < -0.39 is 11.8 Å². The summed E-state index contributed by atoms with van der Waals surface area (Å²) < 4.78 is 14.7. The molecule has 0 saturated carbocycles. The van der Waals surface area contributed by atoms with Crippen LogP contribution in [0.1, 0.15) is 11.3 Å². The number of fused-ring (bicyclic) bond motifs is 1. The zero-order valence-corrected chi connectivity index (χ0v) is 11.1. The van der Waals surface area contributed by atoms with Crippen LogP contribution in [0.2, 0.25) is 0 Å². The van der Waals surface area contributed by atoms with Gasteiger partial charge in [0.15, 0.2) is 0 Å². The van der Waals surface area contributed by atoms with Crippen LogP contribution in [0.4, 0.5) is 9.18 Å². The molecule has 20 heavy (non-hydrogen) atoms. The van der Waals surface area contributed by atoms with Crippen LogP contribution in [-0.2, 0) is 0 Å². The Kier molecular flexibility index (Phi) is 3.08. The zero-order valence-electron chi connectivity index (χ0n) is 10.3. The third-order valence-electron chi connectivity index (χ3n) is 2.87. The number of benzene rings is 1. The Hall–Kier alpha value is -2.47. The van der Waals surface area contributed by atoms with Gasteiger partial charge in [-0.2, -0.15) is 21.1 Å². The van der Waals surface area contributed by atoms with Crippen molar-refractivity contribution >= 4 is 40.4 Å². The van der Waals surface area contributed by atoms with Gasteiger partial charge in [-0.3, -0.25) is 0 Å². The number of thiophene rings is 1. The fraction of sp³-hybridized carbons (Fsp3) is 0. The molecule has 0 bridgehead atoms. The predicted molar refractivity (Wildman–Crippen MR) is 77.9 cm³/mol. The molecule has 4 nitrogen and oxygen atoms in total. The molecule has 0 radical (unpaired) electrons. The van der Waals surface area contributed by atoms with E-state index in [1.165, 1.54) is 6.07 Å². The molecule has 0 saturated heterocycles. The number of halogens is 1. The minimum absolute atomic E-state index is 0.102. The van der Waals surface area contributed by atoms with Crippen molar-refractivity contribution in [3.63, 3.8) is 0 Å². The van der Waals surface area contributed by atoms with Gasteiger partial charge >= 0.3 is 6.03 Å². The van der Waals surface area contributed by atoms with E-state index in [1.54, 1.807) is 29.5 Å². The van der Waals surface area contributed by atoms with Gasteiger partial charge < -0.3 is 5.73 Å².